The second kappa shape index (κ2) is 9.76. The lowest BCUT2D eigenvalue weighted by Gasteiger charge is -2.29. The highest BCUT2D eigenvalue weighted by Crippen LogP contribution is 2.17. The van der Waals surface area contributed by atoms with Crippen molar-refractivity contribution in [2.75, 3.05) is 26.2 Å². The molecule has 0 aliphatic carbocycles. The Kier molecular flexibility index (Phi) is 6.85. The highest BCUT2D eigenvalue weighted by atomic mass is 16.5. The second-order valence-corrected chi connectivity index (χ2v) is 6.82. The van der Waals surface area contributed by atoms with Crippen LogP contribution < -0.4 is 4.74 Å². The molecule has 2 aromatic rings. The number of nitrogens with zero attached hydrogens (tertiary/aromatic N) is 2. The maximum atomic E-state index is 12.8. The summed E-state index contributed by atoms with van der Waals surface area (Å²) in [5.74, 6) is 0.636. The fourth-order valence-electron chi connectivity index (χ4n) is 3.43. The predicted molar refractivity (Wildman–Crippen MR) is 104 cm³/mol. The van der Waals surface area contributed by atoms with E-state index in [1.165, 1.54) is 5.56 Å². The van der Waals surface area contributed by atoms with Crippen LogP contribution in [-0.4, -0.2) is 54.4 Å². The zero-order chi connectivity index (χ0) is 18.9. The van der Waals surface area contributed by atoms with E-state index < -0.39 is 0 Å². The molecule has 0 bridgehead atoms. The van der Waals surface area contributed by atoms with Crippen LogP contribution in [0, 0.1) is 0 Å². The number of hydrogen-bond donors (Lipinski definition) is 0. The van der Waals surface area contributed by atoms with Gasteiger partial charge in [0.05, 0.1) is 0 Å². The Morgan fingerprint density at radius 1 is 1.11 bits per heavy atom. The predicted octanol–water partition coefficient (Wildman–Crippen LogP) is 2.76. The van der Waals surface area contributed by atoms with Crippen LogP contribution >= 0.6 is 0 Å². The Morgan fingerprint density at radius 3 is 2.52 bits per heavy atom. The number of ether oxygens (including phenoxy) is 1. The Bertz CT molecular complexity index is 721. The molecule has 0 saturated carbocycles. The number of para-hydroxylation sites is 1. The number of carbonyl (C=O) groups is 2. The third kappa shape index (κ3) is 5.58. The van der Waals surface area contributed by atoms with E-state index in [-0.39, 0.29) is 18.6 Å². The maximum absolute atomic E-state index is 12.8. The van der Waals surface area contributed by atoms with Gasteiger partial charge in [0.25, 0.3) is 5.91 Å². The van der Waals surface area contributed by atoms with Crippen LogP contribution in [-0.2, 0) is 16.0 Å². The standard InChI is InChI=1S/C22H26N2O3/c25-18-24-14-7-10-20(24)16-23(15-13-19-8-3-1-4-9-19)22(26)17-27-21-11-5-2-6-12-21/h1-6,8-9,11-12,18,20H,7,10,13-17H2. The van der Waals surface area contributed by atoms with Crippen molar-refractivity contribution in [3.63, 3.8) is 0 Å². The van der Waals surface area contributed by atoms with Crippen molar-refractivity contribution >= 4 is 12.3 Å². The van der Waals surface area contributed by atoms with E-state index in [0.29, 0.717) is 18.8 Å². The van der Waals surface area contributed by atoms with E-state index in [2.05, 4.69) is 12.1 Å². The number of rotatable bonds is 9. The summed E-state index contributed by atoms with van der Waals surface area (Å²) in [6.45, 7) is 1.95. The first-order valence-corrected chi connectivity index (χ1v) is 9.47. The van der Waals surface area contributed by atoms with Crippen LogP contribution in [0.5, 0.6) is 5.75 Å². The topological polar surface area (TPSA) is 49.9 Å². The van der Waals surface area contributed by atoms with Crippen LogP contribution in [0.4, 0.5) is 0 Å². The molecule has 27 heavy (non-hydrogen) atoms. The summed E-state index contributed by atoms with van der Waals surface area (Å²) in [7, 11) is 0. The van der Waals surface area contributed by atoms with Gasteiger partial charge in [-0.2, -0.15) is 0 Å². The number of carbonyl (C=O) groups excluding carboxylic acids is 2. The molecule has 2 aromatic carbocycles. The van der Waals surface area contributed by atoms with Gasteiger partial charge in [-0.15, -0.1) is 0 Å². The molecular weight excluding hydrogens is 340 g/mol. The fourth-order valence-corrected chi connectivity index (χ4v) is 3.43. The molecule has 1 aliphatic rings. The minimum atomic E-state index is -0.0486. The van der Waals surface area contributed by atoms with Crippen molar-refractivity contribution in [1.29, 1.82) is 0 Å². The van der Waals surface area contributed by atoms with E-state index in [1.807, 2.05) is 53.4 Å². The Morgan fingerprint density at radius 2 is 1.81 bits per heavy atom. The Hall–Kier alpha value is -2.82. The largest absolute Gasteiger partial charge is 0.484 e. The van der Waals surface area contributed by atoms with Crippen LogP contribution in [0.15, 0.2) is 60.7 Å². The quantitative estimate of drug-likeness (QED) is 0.641. The Balaban J connectivity index is 1.62. The number of amides is 2. The first-order chi connectivity index (χ1) is 13.3. The Labute approximate surface area is 160 Å². The van der Waals surface area contributed by atoms with E-state index in [1.54, 1.807) is 4.90 Å². The van der Waals surface area contributed by atoms with Crippen LogP contribution in [0.1, 0.15) is 18.4 Å². The zero-order valence-electron chi connectivity index (χ0n) is 15.5. The molecule has 142 valence electrons. The normalized spacial score (nSPS) is 16.1. The summed E-state index contributed by atoms with van der Waals surface area (Å²) in [4.78, 5) is 27.7. The lowest BCUT2D eigenvalue weighted by atomic mass is 10.1. The van der Waals surface area contributed by atoms with Crippen molar-refractivity contribution in [2.45, 2.75) is 25.3 Å². The molecule has 1 aliphatic heterocycles. The first kappa shape index (κ1) is 19.0. The van der Waals surface area contributed by atoms with Gasteiger partial charge in [-0.3, -0.25) is 9.59 Å². The summed E-state index contributed by atoms with van der Waals surface area (Å²) < 4.78 is 5.64. The summed E-state index contributed by atoms with van der Waals surface area (Å²) in [5, 5.41) is 0. The van der Waals surface area contributed by atoms with Crippen LogP contribution in [0.3, 0.4) is 0 Å². The molecule has 0 spiro atoms. The third-order valence-corrected chi connectivity index (χ3v) is 4.96. The summed E-state index contributed by atoms with van der Waals surface area (Å²) in [6, 6.07) is 19.6. The van der Waals surface area contributed by atoms with E-state index >= 15 is 0 Å². The third-order valence-electron chi connectivity index (χ3n) is 4.96. The molecule has 1 atom stereocenters. The molecule has 1 unspecified atom stereocenters. The summed E-state index contributed by atoms with van der Waals surface area (Å²) in [6.07, 6.45) is 3.61. The van der Waals surface area contributed by atoms with Crippen LogP contribution in [0.25, 0.3) is 0 Å². The monoisotopic (exact) mass is 366 g/mol. The van der Waals surface area contributed by atoms with Gasteiger partial charge in [0, 0.05) is 25.7 Å². The molecule has 0 aromatic heterocycles. The van der Waals surface area contributed by atoms with Crippen molar-refractivity contribution in [3.05, 3.63) is 66.2 Å². The zero-order valence-corrected chi connectivity index (χ0v) is 15.5. The molecule has 0 radical (unpaired) electrons. The molecule has 5 nitrogen and oxygen atoms in total. The summed E-state index contributed by atoms with van der Waals surface area (Å²) in [5.41, 5.74) is 1.19. The molecule has 1 heterocycles. The van der Waals surface area contributed by atoms with Gasteiger partial charge in [0.1, 0.15) is 5.75 Å². The van der Waals surface area contributed by atoms with Gasteiger partial charge in [-0.1, -0.05) is 48.5 Å². The van der Waals surface area contributed by atoms with E-state index in [4.69, 9.17) is 4.74 Å². The smallest absolute Gasteiger partial charge is 0.260 e. The van der Waals surface area contributed by atoms with Crippen molar-refractivity contribution < 1.29 is 14.3 Å². The minimum absolute atomic E-state index is 0.00656. The van der Waals surface area contributed by atoms with Crippen LogP contribution in [0.2, 0.25) is 0 Å². The van der Waals surface area contributed by atoms with E-state index in [9.17, 15) is 9.59 Å². The molecule has 0 N–H and O–H groups in total. The van der Waals surface area contributed by atoms with Crippen molar-refractivity contribution in [2.24, 2.45) is 0 Å². The molecule has 5 heteroatoms. The number of benzene rings is 2. The fraction of sp³-hybridized carbons (Fsp3) is 0.364. The van der Waals surface area contributed by atoms with Gasteiger partial charge in [-0.05, 0) is 37.0 Å². The molecular formula is C22H26N2O3. The lowest BCUT2D eigenvalue weighted by Crippen LogP contribution is -2.45. The highest BCUT2D eigenvalue weighted by molar-refractivity contribution is 5.78. The van der Waals surface area contributed by atoms with Gasteiger partial charge >= 0.3 is 0 Å². The maximum Gasteiger partial charge on any atom is 0.260 e. The number of hydrogen-bond acceptors (Lipinski definition) is 3. The second-order valence-electron chi connectivity index (χ2n) is 6.82. The van der Waals surface area contributed by atoms with Gasteiger partial charge in [-0.25, -0.2) is 0 Å². The molecule has 2 amide bonds. The first-order valence-electron chi connectivity index (χ1n) is 9.47. The van der Waals surface area contributed by atoms with E-state index in [0.717, 1.165) is 32.2 Å². The van der Waals surface area contributed by atoms with Gasteiger partial charge < -0.3 is 14.5 Å². The SMILES string of the molecule is O=CN1CCCC1CN(CCc1ccccc1)C(=O)COc1ccccc1. The lowest BCUT2D eigenvalue weighted by molar-refractivity contribution is -0.135. The number of likely N-dealkylation sites (tertiary alicyclic amines) is 1. The van der Waals surface area contributed by atoms with Gasteiger partial charge in [0.2, 0.25) is 6.41 Å². The molecule has 3 rings (SSSR count). The summed E-state index contributed by atoms with van der Waals surface area (Å²) >= 11 is 0. The highest BCUT2D eigenvalue weighted by Gasteiger charge is 2.27. The minimum Gasteiger partial charge on any atom is -0.484 e. The van der Waals surface area contributed by atoms with Crippen molar-refractivity contribution in [3.8, 4) is 5.75 Å². The molecule has 1 saturated heterocycles. The van der Waals surface area contributed by atoms with Crippen molar-refractivity contribution in [1.82, 2.24) is 9.80 Å². The molecule has 1 fully saturated rings. The average molecular weight is 366 g/mol. The average Bonchev–Trinajstić information content (AvgIpc) is 3.18. The van der Waals surface area contributed by atoms with Gasteiger partial charge in [0.15, 0.2) is 6.61 Å².